The van der Waals surface area contributed by atoms with Crippen molar-refractivity contribution in [2.24, 2.45) is 5.92 Å². The molecule has 17 heavy (non-hydrogen) atoms. The van der Waals surface area contributed by atoms with Gasteiger partial charge in [-0.25, -0.2) is 0 Å². The van der Waals surface area contributed by atoms with Gasteiger partial charge in [-0.2, -0.15) is 0 Å². The highest BCUT2D eigenvalue weighted by Gasteiger charge is 2.47. The summed E-state index contributed by atoms with van der Waals surface area (Å²) in [6.45, 7) is 4.31. The topological polar surface area (TPSA) is 0 Å². The van der Waals surface area contributed by atoms with E-state index in [1.165, 1.54) is 5.56 Å². The van der Waals surface area contributed by atoms with Crippen LogP contribution in [0.5, 0.6) is 0 Å². The van der Waals surface area contributed by atoms with Gasteiger partial charge in [-0.05, 0) is 23.5 Å². The highest BCUT2D eigenvalue weighted by atomic mass is 35.6. The maximum atomic E-state index is 6.07. The minimum atomic E-state index is -1.77. The zero-order chi connectivity index (χ0) is 13.3. The van der Waals surface area contributed by atoms with Gasteiger partial charge in [0, 0.05) is 0 Å². The van der Waals surface area contributed by atoms with E-state index in [0.29, 0.717) is 11.5 Å². The average Bonchev–Trinajstić information content (AvgIpc) is 2.15. The second-order valence-electron chi connectivity index (χ2n) is 4.37. The first-order chi connectivity index (χ1) is 7.64. The lowest BCUT2D eigenvalue weighted by molar-refractivity contribution is 0.647. The standard InChI is InChI=1S/C12H13Cl5/c1-8(2)7-9-3-5-10(6-4-9)11(13,14)12(15,16)17/h3-6,8H,7H2,1-2H3. The molecule has 1 aromatic carbocycles. The van der Waals surface area contributed by atoms with E-state index < -0.39 is 8.13 Å². The average molecular weight is 335 g/mol. The SMILES string of the molecule is CC(C)Cc1ccc(C(Cl)(Cl)C(Cl)(Cl)Cl)cc1. The van der Waals surface area contributed by atoms with E-state index in [1.54, 1.807) is 12.1 Å². The first-order valence-electron chi connectivity index (χ1n) is 5.18. The lowest BCUT2D eigenvalue weighted by atomic mass is 10.0. The van der Waals surface area contributed by atoms with Gasteiger partial charge in [-0.1, -0.05) is 96.1 Å². The Bertz CT molecular complexity index is 361. The van der Waals surface area contributed by atoms with Gasteiger partial charge < -0.3 is 0 Å². The van der Waals surface area contributed by atoms with Gasteiger partial charge in [0.25, 0.3) is 0 Å². The Labute approximate surface area is 127 Å². The van der Waals surface area contributed by atoms with E-state index >= 15 is 0 Å². The van der Waals surface area contributed by atoms with Gasteiger partial charge in [0.05, 0.1) is 0 Å². The van der Waals surface area contributed by atoms with Gasteiger partial charge >= 0.3 is 0 Å². The molecule has 0 bridgehead atoms. The minimum Gasteiger partial charge on any atom is -0.0915 e. The van der Waals surface area contributed by atoms with Crippen molar-refractivity contribution in [3.63, 3.8) is 0 Å². The van der Waals surface area contributed by atoms with Crippen LogP contribution in [-0.4, -0.2) is 3.79 Å². The highest BCUT2D eigenvalue weighted by molar-refractivity contribution is 6.75. The largest absolute Gasteiger partial charge is 0.227 e. The molecule has 0 fully saturated rings. The predicted octanol–water partition coefficient (Wildman–Crippen LogP) is 5.89. The lowest BCUT2D eigenvalue weighted by Crippen LogP contribution is -2.28. The first kappa shape index (κ1) is 15.7. The Hall–Kier alpha value is 0.670. The fourth-order valence-electron chi connectivity index (χ4n) is 1.49. The zero-order valence-corrected chi connectivity index (χ0v) is 13.3. The second kappa shape index (κ2) is 5.75. The summed E-state index contributed by atoms with van der Waals surface area (Å²) in [5.41, 5.74) is 1.78. The Morgan fingerprint density at radius 3 is 1.76 bits per heavy atom. The smallest absolute Gasteiger partial charge is 0.0915 e. The molecule has 0 spiro atoms. The Balaban J connectivity index is 2.95. The van der Waals surface area contributed by atoms with Gasteiger partial charge in [-0.3, -0.25) is 0 Å². The third-order valence-corrected chi connectivity index (χ3v) is 4.75. The molecule has 0 unspecified atom stereocenters. The number of benzene rings is 1. The van der Waals surface area contributed by atoms with E-state index in [4.69, 9.17) is 58.0 Å². The number of hydrogen-bond donors (Lipinski definition) is 0. The van der Waals surface area contributed by atoms with Crippen LogP contribution in [0.4, 0.5) is 0 Å². The Kier molecular flexibility index (Phi) is 5.32. The van der Waals surface area contributed by atoms with Crippen LogP contribution in [0.25, 0.3) is 0 Å². The van der Waals surface area contributed by atoms with E-state index in [9.17, 15) is 0 Å². The van der Waals surface area contributed by atoms with Crippen molar-refractivity contribution in [2.75, 3.05) is 0 Å². The van der Waals surface area contributed by atoms with E-state index in [1.807, 2.05) is 12.1 Å². The summed E-state index contributed by atoms with van der Waals surface area (Å²) in [4.78, 5) is 0. The molecule has 0 nitrogen and oxygen atoms in total. The first-order valence-corrected chi connectivity index (χ1v) is 7.07. The molecular weight excluding hydrogens is 321 g/mol. The molecule has 1 aromatic rings. The zero-order valence-electron chi connectivity index (χ0n) is 9.48. The summed E-state index contributed by atoms with van der Waals surface area (Å²) in [6, 6.07) is 7.48. The molecule has 0 amide bonds. The highest BCUT2D eigenvalue weighted by Crippen LogP contribution is 2.52. The Morgan fingerprint density at radius 1 is 0.941 bits per heavy atom. The molecule has 0 saturated heterocycles. The molecule has 0 aliphatic carbocycles. The lowest BCUT2D eigenvalue weighted by Gasteiger charge is -2.27. The Morgan fingerprint density at radius 2 is 1.41 bits per heavy atom. The van der Waals surface area contributed by atoms with Gasteiger partial charge in [0.1, 0.15) is 0 Å². The fourth-order valence-corrected chi connectivity index (χ4v) is 2.06. The summed E-state index contributed by atoms with van der Waals surface area (Å²) in [5, 5.41) is 0. The number of hydrogen-bond acceptors (Lipinski definition) is 0. The van der Waals surface area contributed by atoms with E-state index in [2.05, 4.69) is 13.8 Å². The second-order valence-corrected chi connectivity index (χ2v) is 7.98. The molecule has 0 aromatic heterocycles. The van der Waals surface area contributed by atoms with E-state index in [0.717, 1.165) is 6.42 Å². The fraction of sp³-hybridized carbons (Fsp3) is 0.500. The summed E-state index contributed by atoms with van der Waals surface area (Å²) < 4.78 is -3.32. The summed E-state index contributed by atoms with van der Waals surface area (Å²) in [7, 11) is 0. The molecule has 0 aliphatic rings. The normalized spacial score (nSPS) is 13.2. The molecule has 0 atom stereocenters. The van der Waals surface area contributed by atoms with Crippen molar-refractivity contribution in [1.82, 2.24) is 0 Å². The number of rotatable bonds is 3. The molecule has 0 saturated carbocycles. The molecule has 0 heterocycles. The van der Waals surface area contributed by atoms with Gasteiger partial charge in [-0.15, -0.1) is 0 Å². The third kappa shape index (κ3) is 4.08. The molecule has 5 heteroatoms. The van der Waals surface area contributed by atoms with Crippen LogP contribution in [-0.2, 0) is 10.8 Å². The van der Waals surface area contributed by atoms with Crippen LogP contribution >= 0.6 is 58.0 Å². The maximum absolute atomic E-state index is 6.07. The van der Waals surface area contributed by atoms with Crippen molar-refractivity contribution >= 4 is 58.0 Å². The van der Waals surface area contributed by atoms with Crippen LogP contribution in [0.2, 0.25) is 0 Å². The van der Waals surface area contributed by atoms with Crippen LogP contribution in [0.1, 0.15) is 25.0 Å². The van der Waals surface area contributed by atoms with Gasteiger partial charge in [0.15, 0.2) is 4.33 Å². The molecule has 0 radical (unpaired) electrons. The molecule has 0 aliphatic heterocycles. The third-order valence-electron chi connectivity index (χ3n) is 2.32. The molecule has 96 valence electrons. The van der Waals surface area contributed by atoms with Crippen LogP contribution < -0.4 is 0 Å². The van der Waals surface area contributed by atoms with Crippen molar-refractivity contribution in [3.05, 3.63) is 35.4 Å². The molecular formula is C12H13Cl5. The van der Waals surface area contributed by atoms with Crippen LogP contribution in [0.15, 0.2) is 24.3 Å². The van der Waals surface area contributed by atoms with Crippen LogP contribution in [0.3, 0.4) is 0 Å². The molecule has 1 rings (SSSR count). The summed E-state index contributed by atoms with van der Waals surface area (Å²) in [6.07, 6.45) is 0.992. The van der Waals surface area contributed by atoms with Crippen LogP contribution in [0, 0.1) is 5.92 Å². The quantitative estimate of drug-likeness (QED) is 0.605. The van der Waals surface area contributed by atoms with Crippen molar-refractivity contribution < 1.29 is 0 Å². The van der Waals surface area contributed by atoms with E-state index in [-0.39, 0.29) is 0 Å². The summed E-state index contributed by atoms with van der Waals surface area (Å²) >= 11 is 29.4. The van der Waals surface area contributed by atoms with Crippen molar-refractivity contribution in [1.29, 1.82) is 0 Å². The monoisotopic (exact) mass is 332 g/mol. The molecule has 0 N–H and O–H groups in total. The van der Waals surface area contributed by atoms with Gasteiger partial charge in [0.2, 0.25) is 3.79 Å². The predicted molar refractivity (Wildman–Crippen MR) is 78.7 cm³/mol. The number of alkyl halides is 5. The summed E-state index contributed by atoms with van der Waals surface area (Å²) in [5.74, 6) is 0.589. The van der Waals surface area contributed by atoms with Crippen molar-refractivity contribution in [3.8, 4) is 0 Å². The minimum absolute atomic E-state index is 0.577. The van der Waals surface area contributed by atoms with Crippen molar-refractivity contribution in [2.45, 2.75) is 28.4 Å². The number of halogens is 5. The maximum Gasteiger partial charge on any atom is 0.227 e.